The van der Waals surface area contributed by atoms with E-state index in [-0.39, 0.29) is 11.8 Å². The van der Waals surface area contributed by atoms with Crippen LogP contribution in [0.15, 0.2) is 18.3 Å². The third-order valence-corrected chi connectivity index (χ3v) is 2.33. The van der Waals surface area contributed by atoms with E-state index in [9.17, 15) is 9.59 Å². The fourth-order valence-electron chi connectivity index (χ4n) is 1.39. The lowest BCUT2D eigenvalue weighted by Gasteiger charge is -2.06. The predicted molar refractivity (Wildman–Crippen MR) is 68.6 cm³/mol. The van der Waals surface area contributed by atoms with Gasteiger partial charge in [0.25, 0.3) is 0 Å². The number of hydrogen-bond donors (Lipinski definition) is 1. The van der Waals surface area contributed by atoms with Gasteiger partial charge in [-0.25, -0.2) is 0 Å². The summed E-state index contributed by atoms with van der Waals surface area (Å²) in [5, 5.41) is 3.04. The third kappa shape index (κ3) is 4.53. The van der Waals surface area contributed by atoms with E-state index in [1.54, 1.807) is 32.2 Å². The van der Waals surface area contributed by atoms with Gasteiger partial charge in [-0.2, -0.15) is 0 Å². The molecule has 0 unspecified atom stereocenters. The fourth-order valence-corrected chi connectivity index (χ4v) is 1.39. The van der Waals surface area contributed by atoms with Crippen LogP contribution in [-0.4, -0.2) is 29.9 Å². The standard InChI is InChI=1S/C13H18N2O3/c1-3-12(16)11-6-5-10(9-15-11)14-8-7-13(17)18-4-2/h5-6,9,14H,3-4,7-8H2,1-2H3. The molecule has 1 heterocycles. The van der Waals surface area contributed by atoms with Gasteiger partial charge in [-0.05, 0) is 19.1 Å². The first kappa shape index (κ1) is 14.2. The largest absolute Gasteiger partial charge is 0.466 e. The number of carbonyl (C=O) groups excluding carboxylic acids is 2. The van der Waals surface area contributed by atoms with Crippen molar-refractivity contribution >= 4 is 17.4 Å². The number of pyridine rings is 1. The number of aromatic nitrogens is 1. The topological polar surface area (TPSA) is 68.3 Å². The highest BCUT2D eigenvalue weighted by atomic mass is 16.5. The normalized spacial score (nSPS) is 9.89. The van der Waals surface area contributed by atoms with Crippen LogP contribution in [0, 0.1) is 0 Å². The van der Waals surface area contributed by atoms with Crippen molar-refractivity contribution in [1.82, 2.24) is 4.98 Å². The van der Waals surface area contributed by atoms with E-state index >= 15 is 0 Å². The first-order chi connectivity index (χ1) is 8.67. The van der Waals surface area contributed by atoms with E-state index in [0.29, 0.717) is 31.7 Å². The Hall–Kier alpha value is -1.91. The molecule has 0 saturated carbocycles. The Morgan fingerprint density at radius 2 is 2.11 bits per heavy atom. The molecule has 98 valence electrons. The molecule has 0 aliphatic carbocycles. The van der Waals surface area contributed by atoms with E-state index < -0.39 is 0 Å². The van der Waals surface area contributed by atoms with Gasteiger partial charge in [0, 0.05) is 13.0 Å². The summed E-state index contributed by atoms with van der Waals surface area (Å²) in [6, 6.07) is 3.46. The highest BCUT2D eigenvalue weighted by Gasteiger charge is 2.04. The number of anilines is 1. The summed E-state index contributed by atoms with van der Waals surface area (Å²) in [7, 11) is 0. The van der Waals surface area contributed by atoms with Crippen molar-refractivity contribution < 1.29 is 14.3 Å². The second-order valence-corrected chi connectivity index (χ2v) is 3.69. The molecule has 0 aliphatic heterocycles. The van der Waals surface area contributed by atoms with Crippen LogP contribution in [0.25, 0.3) is 0 Å². The zero-order chi connectivity index (χ0) is 13.4. The molecule has 0 bridgehead atoms. The summed E-state index contributed by atoms with van der Waals surface area (Å²) in [5.41, 5.74) is 1.25. The smallest absolute Gasteiger partial charge is 0.307 e. The zero-order valence-electron chi connectivity index (χ0n) is 10.7. The quantitative estimate of drug-likeness (QED) is 0.592. The predicted octanol–water partition coefficient (Wildman–Crippen LogP) is 2.04. The summed E-state index contributed by atoms with van der Waals surface area (Å²) in [6.07, 6.45) is 2.35. The van der Waals surface area contributed by atoms with E-state index in [0.717, 1.165) is 5.69 Å². The maximum Gasteiger partial charge on any atom is 0.307 e. The molecular weight excluding hydrogens is 232 g/mol. The molecule has 5 heteroatoms. The maximum absolute atomic E-state index is 11.4. The molecule has 0 atom stereocenters. The second kappa shape index (κ2) is 7.42. The van der Waals surface area contributed by atoms with Crippen molar-refractivity contribution in [1.29, 1.82) is 0 Å². The highest BCUT2D eigenvalue weighted by Crippen LogP contribution is 2.07. The molecule has 18 heavy (non-hydrogen) atoms. The molecule has 1 aromatic heterocycles. The summed E-state index contributed by atoms with van der Waals surface area (Å²) in [5.74, 6) is -0.205. The molecule has 1 rings (SSSR count). The lowest BCUT2D eigenvalue weighted by atomic mass is 10.2. The van der Waals surface area contributed by atoms with Crippen LogP contribution in [0.5, 0.6) is 0 Å². The van der Waals surface area contributed by atoms with Gasteiger partial charge in [-0.15, -0.1) is 0 Å². The summed E-state index contributed by atoms with van der Waals surface area (Å²) in [4.78, 5) is 26.5. The van der Waals surface area contributed by atoms with Gasteiger partial charge in [0.1, 0.15) is 5.69 Å². The minimum atomic E-state index is -0.226. The van der Waals surface area contributed by atoms with Crippen molar-refractivity contribution in [3.05, 3.63) is 24.0 Å². The Morgan fingerprint density at radius 1 is 1.33 bits per heavy atom. The first-order valence-electron chi connectivity index (χ1n) is 6.06. The maximum atomic E-state index is 11.4. The molecule has 0 aromatic carbocycles. The molecule has 0 fully saturated rings. The summed E-state index contributed by atoms with van der Waals surface area (Å²) < 4.78 is 4.81. The van der Waals surface area contributed by atoms with Crippen molar-refractivity contribution in [2.75, 3.05) is 18.5 Å². The van der Waals surface area contributed by atoms with Crippen LogP contribution in [0.3, 0.4) is 0 Å². The van der Waals surface area contributed by atoms with Crippen LogP contribution in [-0.2, 0) is 9.53 Å². The van der Waals surface area contributed by atoms with Crippen molar-refractivity contribution in [2.24, 2.45) is 0 Å². The van der Waals surface area contributed by atoms with E-state index in [1.165, 1.54) is 0 Å². The van der Waals surface area contributed by atoms with Crippen LogP contribution in [0.1, 0.15) is 37.2 Å². The number of carbonyl (C=O) groups is 2. The van der Waals surface area contributed by atoms with Gasteiger partial charge in [-0.3, -0.25) is 14.6 Å². The number of hydrogen-bond acceptors (Lipinski definition) is 5. The van der Waals surface area contributed by atoms with Gasteiger partial charge in [0.15, 0.2) is 5.78 Å². The first-order valence-corrected chi connectivity index (χ1v) is 6.06. The van der Waals surface area contributed by atoms with E-state index in [2.05, 4.69) is 10.3 Å². The molecule has 0 amide bonds. The Morgan fingerprint density at radius 3 is 2.67 bits per heavy atom. The second-order valence-electron chi connectivity index (χ2n) is 3.69. The van der Waals surface area contributed by atoms with Crippen LogP contribution in [0.2, 0.25) is 0 Å². The number of esters is 1. The fraction of sp³-hybridized carbons (Fsp3) is 0.462. The van der Waals surface area contributed by atoms with Crippen LogP contribution in [0.4, 0.5) is 5.69 Å². The molecule has 0 radical (unpaired) electrons. The highest BCUT2D eigenvalue weighted by molar-refractivity contribution is 5.94. The lowest BCUT2D eigenvalue weighted by molar-refractivity contribution is -0.142. The average Bonchev–Trinajstić information content (AvgIpc) is 2.39. The number of ketones is 1. The monoisotopic (exact) mass is 250 g/mol. The van der Waals surface area contributed by atoms with Crippen molar-refractivity contribution in [3.63, 3.8) is 0 Å². The SMILES string of the molecule is CCOC(=O)CCNc1ccc(C(=O)CC)nc1. The van der Waals surface area contributed by atoms with Gasteiger partial charge < -0.3 is 10.1 Å². The number of rotatable bonds is 7. The number of ether oxygens (including phenoxy) is 1. The minimum absolute atomic E-state index is 0.0214. The Kier molecular flexibility index (Phi) is 5.84. The number of nitrogens with one attached hydrogen (secondary N) is 1. The zero-order valence-corrected chi connectivity index (χ0v) is 10.7. The van der Waals surface area contributed by atoms with Gasteiger partial charge in [-0.1, -0.05) is 6.92 Å². The number of Topliss-reactive ketones (excluding diaryl/α,β-unsaturated/α-hetero) is 1. The van der Waals surface area contributed by atoms with Gasteiger partial charge in [0.2, 0.25) is 0 Å². The lowest BCUT2D eigenvalue weighted by Crippen LogP contribution is -2.11. The summed E-state index contributed by atoms with van der Waals surface area (Å²) >= 11 is 0. The molecule has 0 saturated heterocycles. The summed E-state index contributed by atoms with van der Waals surface area (Å²) in [6.45, 7) is 4.46. The Bertz CT molecular complexity index is 401. The van der Waals surface area contributed by atoms with Crippen molar-refractivity contribution in [3.8, 4) is 0 Å². The Balaban J connectivity index is 2.40. The Labute approximate surface area is 107 Å². The molecule has 1 aromatic rings. The van der Waals surface area contributed by atoms with Crippen molar-refractivity contribution in [2.45, 2.75) is 26.7 Å². The molecule has 0 spiro atoms. The van der Waals surface area contributed by atoms with Crippen LogP contribution < -0.4 is 5.32 Å². The third-order valence-electron chi connectivity index (χ3n) is 2.33. The molecule has 0 aliphatic rings. The molecular formula is C13H18N2O3. The average molecular weight is 250 g/mol. The van der Waals surface area contributed by atoms with Gasteiger partial charge in [0.05, 0.1) is 24.9 Å². The van der Waals surface area contributed by atoms with E-state index in [4.69, 9.17) is 4.74 Å². The minimum Gasteiger partial charge on any atom is -0.466 e. The van der Waals surface area contributed by atoms with Crippen LogP contribution >= 0.6 is 0 Å². The molecule has 1 N–H and O–H groups in total. The van der Waals surface area contributed by atoms with E-state index in [1.807, 2.05) is 0 Å². The van der Waals surface area contributed by atoms with Gasteiger partial charge >= 0.3 is 5.97 Å². The number of nitrogens with zero attached hydrogens (tertiary/aromatic N) is 1. The molecule has 5 nitrogen and oxygen atoms in total.